The SMILES string of the molecule is COc1ccc(N=Nc2c(C)c(C#N)c(O)n(CC(C)C)c2=O)cc1Cl. The van der Waals surface area contributed by atoms with Crippen LogP contribution < -0.4 is 10.3 Å². The summed E-state index contributed by atoms with van der Waals surface area (Å²) in [6, 6.07) is 6.75. The molecule has 1 N–H and O–H groups in total. The molecule has 1 aromatic carbocycles. The van der Waals surface area contributed by atoms with E-state index >= 15 is 0 Å². The Morgan fingerprint density at radius 3 is 2.62 bits per heavy atom. The average Bonchev–Trinajstić information content (AvgIpc) is 2.59. The van der Waals surface area contributed by atoms with E-state index in [0.29, 0.717) is 16.5 Å². The molecular formula is C18H19ClN4O3. The molecule has 0 saturated heterocycles. The van der Waals surface area contributed by atoms with Gasteiger partial charge in [-0.3, -0.25) is 9.36 Å². The minimum Gasteiger partial charge on any atom is -0.495 e. The second-order valence-electron chi connectivity index (χ2n) is 6.11. The van der Waals surface area contributed by atoms with Gasteiger partial charge in [0.25, 0.3) is 5.56 Å². The molecular weight excluding hydrogens is 356 g/mol. The van der Waals surface area contributed by atoms with Crippen molar-refractivity contribution >= 4 is 23.0 Å². The van der Waals surface area contributed by atoms with Crippen LogP contribution in [0, 0.1) is 24.2 Å². The monoisotopic (exact) mass is 374 g/mol. The number of aromatic hydroxyl groups is 1. The molecule has 0 fully saturated rings. The Balaban J connectivity index is 2.57. The van der Waals surface area contributed by atoms with Crippen LogP contribution in [0.3, 0.4) is 0 Å². The highest BCUT2D eigenvalue weighted by atomic mass is 35.5. The van der Waals surface area contributed by atoms with Crippen molar-refractivity contribution in [3.05, 3.63) is 44.7 Å². The third-order valence-corrected chi connectivity index (χ3v) is 4.01. The molecule has 1 heterocycles. The second-order valence-corrected chi connectivity index (χ2v) is 6.52. The van der Waals surface area contributed by atoms with Crippen LogP contribution in [0.4, 0.5) is 11.4 Å². The van der Waals surface area contributed by atoms with Crippen molar-refractivity contribution in [2.45, 2.75) is 27.3 Å². The first kappa shape index (κ1) is 19.5. The highest BCUT2D eigenvalue weighted by Gasteiger charge is 2.19. The number of pyridine rings is 1. The maximum atomic E-state index is 12.7. The first-order valence-corrected chi connectivity index (χ1v) is 8.29. The molecule has 2 aromatic rings. The summed E-state index contributed by atoms with van der Waals surface area (Å²) in [5.74, 6) is 0.241. The van der Waals surface area contributed by atoms with Crippen LogP contribution in [0.5, 0.6) is 11.6 Å². The molecule has 2 rings (SSSR count). The molecule has 136 valence electrons. The lowest BCUT2D eigenvalue weighted by molar-refractivity contribution is 0.381. The Labute approximate surface area is 156 Å². The van der Waals surface area contributed by atoms with E-state index in [1.165, 1.54) is 7.11 Å². The molecule has 0 radical (unpaired) electrons. The van der Waals surface area contributed by atoms with Gasteiger partial charge in [-0.05, 0) is 31.0 Å². The highest BCUT2D eigenvalue weighted by Crippen LogP contribution is 2.31. The van der Waals surface area contributed by atoms with Gasteiger partial charge in [0.15, 0.2) is 5.69 Å². The van der Waals surface area contributed by atoms with Gasteiger partial charge >= 0.3 is 0 Å². The fraction of sp³-hybridized carbons (Fsp3) is 0.333. The van der Waals surface area contributed by atoms with E-state index in [9.17, 15) is 15.2 Å². The summed E-state index contributed by atoms with van der Waals surface area (Å²) in [5, 5.41) is 28.0. The smallest absolute Gasteiger partial charge is 0.281 e. The number of nitrogens with zero attached hydrogens (tertiary/aromatic N) is 4. The second kappa shape index (κ2) is 8.02. The van der Waals surface area contributed by atoms with Crippen molar-refractivity contribution < 1.29 is 9.84 Å². The zero-order valence-corrected chi connectivity index (χ0v) is 15.7. The molecule has 8 heteroatoms. The van der Waals surface area contributed by atoms with E-state index in [1.54, 1.807) is 25.1 Å². The summed E-state index contributed by atoms with van der Waals surface area (Å²) in [4.78, 5) is 12.7. The summed E-state index contributed by atoms with van der Waals surface area (Å²) >= 11 is 6.06. The van der Waals surface area contributed by atoms with E-state index in [1.807, 2.05) is 19.9 Å². The summed E-state index contributed by atoms with van der Waals surface area (Å²) < 4.78 is 6.22. The predicted octanol–water partition coefficient (Wildman–Crippen LogP) is 4.47. The van der Waals surface area contributed by atoms with Crippen LogP contribution in [0.1, 0.15) is 25.0 Å². The predicted molar refractivity (Wildman–Crippen MR) is 98.8 cm³/mol. The Hall–Kier alpha value is -2.85. The van der Waals surface area contributed by atoms with Crippen LogP contribution >= 0.6 is 11.6 Å². The Bertz CT molecular complexity index is 958. The van der Waals surface area contributed by atoms with E-state index in [2.05, 4.69) is 10.2 Å². The fourth-order valence-corrected chi connectivity index (χ4v) is 2.67. The third kappa shape index (κ3) is 3.86. The molecule has 0 saturated carbocycles. The third-order valence-electron chi connectivity index (χ3n) is 3.72. The lowest BCUT2D eigenvalue weighted by atomic mass is 10.1. The topological polar surface area (TPSA) is 100.0 Å². The number of ether oxygens (including phenoxy) is 1. The van der Waals surface area contributed by atoms with Gasteiger partial charge in [-0.2, -0.15) is 10.4 Å². The number of aromatic nitrogens is 1. The van der Waals surface area contributed by atoms with Gasteiger partial charge in [-0.1, -0.05) is 25.4 Å². The molecule has 7 nitrogen and oxygen atoms in total. The first-order chi connectivity index (χ1) is 12.3. The summed E-state index contributed by atoms with van der Waals surface area (Å²) in [7, 11) is 1.50. The van der Waals surface area contributed by atoms with E-state index in [-0.39, 0.29) is 35.2 Å². The van der Waals surface area contributed by atoms with Gasteiger partial charge in [0, 0.05) is 12.1 Å². The molecule has 1 aromatic heterocycles. The van der Waals surface area contributed by atoms with Gasteiger partial charge < -0.3 is 9.84 Å². The molecule has 0 bridgehead atoms. The molecule has 0 aliphatic rings. The molecule has 0 spiro atoms. The Kier molecular flexibility index (Phi) is 6.01. The number of hydrogen-bond donors (Lipinski definition) is 1. The maximum Gasteiger partial charge on any atom is 0.281 e. The van der Waals surface area contributed by atoms with Gasteiger partial charge in [-0.15, -0.1) is 5.11 Å². The van der Waals surface area contributed by atoms with E-state index in [0.717, 1.165) is 4.57 Å². The molecule has 0 amide bonds. The lowest BCUT2D eigenvalue weighted by Crippen LogP contribution is -2.24. The van der Waals surface area contributed by atoms with Gasteiger partial charge in [-0.25, -0.2) is 0 Å². The Morgan fingerprint density at radius 2 is 2.08 bits per heavy atom. The van der Waals surface area contributed by atoms with Crippen molar-refractivity contribution in [2.75, 3.05) is 7.11 Å². The van der Waals surface area contributed by atoms with Gasteiger partial charge in [0.2, 0.25) is 5.88 Å². The summed E-state index contributed by atoms with van der Waals surface area (Å²) in [5.41, 5.74) is 0.213. The standard InChI is InChI=1S/C18H19ClN4O3/c1-10(2)9-23-17(24)13(8-20)11(3)16(18(23)25)22-21-12-5-6-15(26-4)14(19)7-12/h5-7,10,24H,9H2,1-4H3. The minimum absolute atomic E-state index is 0.00643. The molecule has 0 aliphatic heterocycles. The van der Waals surface area contributed by atoms with Gasteiger partial charge in [0.1, 0.15) is 17.4 Å². The number of methoxy groups -OCH3 is 1. The maximum absolute atomic E-state index is 12.7. The van der Waals surface area contributed by atoms with Crippen LogP contribution in [-0.2, 0) is 6.54 Å². The van der Waals surface area contributed by atoms with E-state index in [4.69, 9.17) is 16.3 Å². The van der Waals surface area contributed by atoms with Crippen LogP contribution in [-0.4, -0.2) is 16.8 Å². The van der Waals surface area contributed by atoms with Crippen LogP contribution in [0.2, 0.25) is 5.02 Å². The van der Waals surface area contributed by atoms with Crippen molar-refractivity contribution in [1.29, 1.82) is 5.26 Å². The number of rotatable bonds is 5. The first-order valence-electron chi connectivity index (χ1n) is 7.91. The zero-order chi connectivity index (χ0) is 19.4. The molecule has 0 unspecified atom stereocenters. The normalized spacial score (nSPS) is 11.1. The Morgan fingerprint density at radius 1 is 1.38 bits per heavy atom. The van der Waals surface area contributed by atoms with Crippen LogP contribution in [0.15, 0.2) is 33.2 Å². The quantitative estimate of drug-likeness (QED) is 0.780. The van der Waals surface area contributed by atoms with E-state index < -0.39 is 5.56 Å². The van der Waals surface area contributed by atoms with Crippen molar-refractivity contribution in [3.63, 3.8) is 0 Å². The largest absolute Gasteiger partial charge is 0.495 e. The summed E-state index contributed by atoms with van der Waals surface area (Å²) in [6.07, 6.45) is 0. The average molecular weight is 375 g/mol. The summed E-state index contributed by atoms with van der Waals surface area (Å²) in [6.45, 7) is 5.61. The number of halogens is 1. The zero-order valence-electron chi connectivity index (χ0n) is 14.9. The highest BCUT2D eigenvalue weighted by molar-refractivity contribution is 6.32. The minimum atomic E-state index is -0.504. The van der Waals surface area contributed by atoms with Crippen molar-refractivity contribution in [1.82, 2.24) is 4.57 Å². The number of nitriles is 1. The van der Waals surface area contributed by atoms with Crippen LogP contribution in [0.25, 0.3) is 0 Å². The number of benzene rings is 1. The number of hydrogen-bond acceptors (Lipinski definition) is 6. The number of azo groups is 1. The molecule has 26 heavy (non-hydrogen) atoms. The lowest BCUT2D eigenvalue weighted by Gasteiger charge is -2.14. The van der Waals surface area contributed by atoms with Gasteiger partial charge in [0.05, 0.1) is 17.8 Å². The molecule has 0 atom stereocenters. The molecule has 0 aliphatic carbocycles. The fourth-order valence-electron chi connectivity index (χ4n) is 2.42. The van der Waals surface area contributed by atoms with Crippen molar-refractivity contribution in [3.8, 4) is 17.7 Å². The van der Waals surface area contributed by atoms with Crippen molar-refractivity contribution in [2.24, 2.45) is 16.1 Å².